The monoisotopic (exact) mass is 263 g/mol. The molecule has 7 heteroatoms. The third-order valence-corrected chi connectivity index (χ3v) is 3.74. The predicted molar refractivity (Wildman–Crippen MR) is 65.9 cm³/mol. The summed E-state index contributed by atoms with van der Waals surface area (Å²) in [5.74, 6) is -0.350. The van der Waals surface area contributed by atoms with E-state index in [4.69, 9.17) is 5.73 Å². The molecule has 1 fully saturated rings. The maximum absolute atomic E-state index is 11.7. The zero-order valence-corrected chi connectivity index (χ0v) is 11.0. The van der Waals surface area contributed by atoms with E-state index < -0.39 is 15.9 Å². The predicted octanol–water partition coefficient (Wildman–Crippen LogP) is -0.734. The Kier molecular flexibility index (Phi) is 5.35. The van der Waals surface area contributed by atoms with Gasteiger partial charge in [0.15, 0.2) is 0 Å². The first-order valence-electron chi connectivity index (χ1n) is 5.87. The third-order valence-electron chi connectivity index (χ3n) is 2.76. The van der Waals surface area contributed by atoms with Crippen molar-refractivity contribution in [3.8, 4) is 0 Å². The number of nitrogens with one attached hydrogen (secondary N) is 1. The van der Waals surface area contributed by atoms with E-state index in [0.717, 1.165) is 32.2 Å². The Bertz CT molecular complexity index is 350. The minimum absolute atomic E-state index is 0.0540. The van der Waals surface area contributed by atoms with E-state index in [2.05, 4.69) is 5.43 Å². The molecular formula is C10H21N3O3S. The van der Waals surface area contributed by atoms with Gasteiger partial charge in [-0.15, -0.1) is 0 Å². The molecule has 0 saturated carbocycles. The van der Waals surface area contributed by atoms with E-state index in [1.165, 1.54) is 6.42 Å². The van der Waals surface area contributed by atoms with Crippen molar-refractivity contribution in [2.45, 2.75) is 31.7 Å². The van der Waals surface area contributed by atoms with Crippen molar-refractivity contribution >= 4 is 15.7 Å². The zero-order chi connectivity index (χ0) is 12.9. The second-order valence-corrected chi connectivity index (χ2v) is 6.81. The van der Waals surface area contributed by atoms with Crippen LogP contribution in [0, 0.1) is 0 Å². The number of hydrogen-bond acceptors (Lipinski definition) is 5. The van der Waals surface area contributed by atoms with E-state index in [0.29, 0.717) is 0 Å². The summed E-state index contributed by atoms with van der Waals surface area (Å²) in [5, 5.41) is 1.85. The average Bonchev–Trinajstić information content (AvgIpc) is 2.26. The Labute approximate surface area is 102 Å². The lowest BCUT2D eigenvalue weighted by Crippen LogP contribution is -2.51. The van der Waals surface area contributed by atoms with Crippen LogP contribution in [0.15, 0.2) is 0 Å². The molecule has 0 bridgehead atoms. The molecule has 0 spiro atoms. The molecule has 3 N–H and O–H groups in total. The van der Waals surface area contributed by atoms with Gasteiger partial charge in [-0.1, -0.05) is 6.42 Å². The standard InChI is InChI=1S/C10H21N3O3S/c1-17(15,16)8-5-9(11)10(14)12-13-6-3-2-4-7-13/h9H,2-8,11H2,1H3,(H,12,14). The number of nitrogens with two attached hydrogens (primary N) is 1. The number of carbonyl (C=O) groups is 1. The molecule has 100 valence electrons. The van der Waals surface area contributed by atoms with Crippen LogP contribution >= 0.6 is 0 Å². The van der Waals surface area contributed by atoms with Crippen LogP contribution in [0.2, 0.25) is 0 Å². The van der Waals surface area contributed by atoms with Crippen molar-refractivity contribution in [2.75, 3.05) is 25.1 Å². The first kappa shape index (κ1) is 14.4. The van der Waals surface area contributed by atoms with Gasteiger partial charge in [0, 0.05) is 19.3 Å². The van der Waals surface area contributed by atoms with Crippen molar-refractivity contribution in [3.05, 3.63) is 0 Å². The maximum Gasteiger partial charge on any atom is 0.251 e. The quantitative estimate of drug-likeness (QED) is 0.682. The number of sulfone groups is 1. The largest absolute Gasteiger partial charge is 0.320 e. The molecule has 0 aromatic carbocycles. The van der Waals surface area contributed by atoms with Crippen molar-refractivity contribution in [1.82, 2.24) is 10.4 Å². The molecule has 1 amide bonds. The van der Waals surface area contributed by atoms with E-state index >= 15 is 0 Å². The van der Waals surface area contributed by atoms with Gasteiger partial charge in [-0.25, -0.2) is 13.4 Å². The van der Waals surface area contributed by atoms with E-state index in [1.54, 1.807) is 0 Å². The maximum atomic E-state index is 11.7. The summed E-state index contributed by atoms with van der Waals surface area (Å²) in [7, 11) is -3.06. The number of amides is 1. The molecule has 1 atom stereocenters. The highest BCUT2D eigenvalue weighted by molar-refractivity contribution is 7.90. The van der Waals surface area contributed by atoms with Gasteiger partial charge in [-0.05, 0) is 19.3 Å². The number of hydrazine groups is 1. The van der Waals surface area contributed by atoms with Crippen LogP contribution in [0.1, 0.15) is 25.7 Å². The minimum Gasteiger partial charge on any atom is -0.320 e. The van der Waals surface area contributed by atoms with Gasteiger partial charge in [0.2, 0.25) is 0 Å². The summed E-state index contributed by atoms with van der Waals surface area (Å²) in [5.41, 5.74) is 8.37. The van der Waals surface area contributed by atoms with Gasteiger partial charge in [0.25, 0.3) is 5.91 Å². The SMILES string of the molecule is CS(=O)(=O)CCC(N)C(=O)NN1CCCCC1. The molecular weight excluding hydrogens is 242 g/mol. The Hall–Kier alpha value is -0.660. The Morgan fingerprint density at radius 1 is 1.35 bits per heavy atom. The van der Waals surface area contributed by atoms with Gasteiger partial charge < -0.3 is 5.73 Å². The first-order chi connectivity index (χ1) is 7.88. The van der Waals surface area contributed by atoms with Crippen LogP contribution in [-0.4, -0.2) is 50.5 Å². The lowest BCUT2D eigenvalue weighted by Gasteiger charge is -2.28. The van der Waals surface area contributed by atoms with Crippen LogP contribution in [0.5, 0.6) is 0 Å². The third kappa shape index (κ3) is 5.99. The van der Waals surface area contributed by atoms with Crippen molar-refractivity contribution < 1.29 is 13.2 Å². The van der Waals surface area contributed by atoms with Crippen LogP contribution in [0.4, 0.5) is 0 Å². The van der Waals surface area contributed by atoms with Crippen LogP contribution in [-0.2, 0) is 14.6 Å². The van der Waals surface area contributed by atoms with Crippen molar-refractivity contribution in [2.24, 2.45) is 5.73 Å². The summed E-state index contributed by atoms with van der Waals surface area (Å²) in [6.07, 6.45) is 4.63. The molecule has 1 rings (SSSR count). The molecule has 1 unspecified atom stereocenters. The first-order valence-corrected chi connectivity index (χ1v) is 7.93. The smallest absolute Gasteiger partial charge is 0.251 e. The molecule has 0 aromatic rings. The molecule has 1 aliphatic rings. The molecule has 17 heavy (non-hydrogen) atoms. The summed E-state index contributed by atoms with van der Waals surface area (Å²) in [6, 6.07) is -0.758. The molecule has 1 saturated heterocycles. The summed E-state index contributed by atoms with van der Waals surface area (Å²) >= 11 is 0. The molecule has 1 heterocycles. The Balaban J connectivity index is 2.30. The topological polar surface area (TPSA) is 92.5 Å². The van der Waals surface area contributed by atoms with Crippen LogP contribution < -0.4 is 11.2 Å². The summed E-state index contributed by atoms with van der Waals surface area (Å²) in [4.78, 5) is 11.7. The second-order valence-electron chi connectivity index (χ2n) is 4.55. The second kappa shape index (κ2) is 6.32. The lowest BCUT2D eigenvalue weighted by molar-refractivity contribution is -0.127. The highest BCUT2D eigenvalue weighted by atomic mass is 32.2. The number of hydrogen-bond donors (Lipinski definition) is 2. The van der Waals surface area contributed by atoms with E-state index in [1.807, 2.05) is 5.01 Å². The van der Waals surface area contributed by atoms with Gasteiger partial charge in [0.1, 0.15) is 9.84 Å². The Morgan fingerprint density at radius 3 is 2.47 bits per heavy atom. The molecule has 0 aliphatic carbocycles. The average molecular weight is 263 g/mol. The molecule has 6 nitrogen and oxygen atoms in total. The Morgan fingerprint density at radius 2 is 1.94 bits per heavy atom. The summed E-state index contributed by atoms with van der Waals surface area (Å²) in [6.45, 7) is 1.68. The lowest BCUT2D eigenvalue weighted by atomic mass is 10.2. The van der Waals surface area contributed by atoms with E-state index in [-0.39, 0.29) is 18.1 Å². The van der Waals surface area contributed by atoms with Crippen molar-refractivity contribution in [1.29, 1.82) is 0 Å². The van der Waals surface area contributed by atoms with Gasteiger partial charge >= 0.3 is 0 Å². The molecule has 0 radical (unpaired) electrons. The fourth-order valence-corrected chi connectivity index (χ4v) is 2.40. The van der Waals surface area contributed by atoms with Crippen molar-refractivity contribution in [3.63, 3.8) is 0 Å². The fourth-order valence-electron chi connectivity index (χ4n) is 1.72. The molecule has 1 aliphatic heterocycles. The summed E-state index contributed by atoms with van der Waals surface area (Å²) < 4.78 is 21.9. The number of nitrogens with zero attached hydrogens (tertiary/aromatic N) is 1. The minimum atomic E-state index is -3.06. The fraction of sp³-hybridized carbons (Fsp3) is 0.900. The van der Waals surface area contributed by atoms with Gasteiger partial charge in [-0.3, -0.25) is 10.2 Å². The normalized spacial score (nSPS) is 19.9. The molecule has 0 aromatic heterocycles. The highest BCUT2D eigenvalue weighted by Crippen LogP contribution is 2.06. The van der Waals surface area contributed by atoms with E-state index in [9.17, 15) is 13.2 Å². The highest BCUT2D eigenvalue weighted by Gasteiger charge is 2.19. The number of piperidine rings is 1. The van der Waals surface area contributed by atoms with Crippen LogP contribution in [0.25, 0.3) is 0 Å². The zero-order valence-electron chi connectivity index (χ0n) is 10.2. The van der Waals surface area contributed by atoms with Gasteiger partial charge in [0.05, 0.1) is 11.8 Å². The van der Waals surface area contributed by atoms with Crippen LogP contribution in [0.3, 0.4) is 0 Å². The number of rotatable bonds is 5. The van der Waals surface area contributed by atoms with Gasteiger partial charge in [-0.2, -0.15) is 0 Å². The number of carbonyl (C=O) groups excluding carboxylic acids is 1.